The number of ether oxygens (including phenoxy) is 2. The first-order valence-corrected chi connectivity index (χ1v) is 25.2. The zero-order valence-electron chi connectivity index (χ0n) is 38.1. The quantitative estimate of drug-likeness (QED) is 0.0333. The minimum atomic E-state index is -1.55. The van der Waals surface area contributed by atoms with Crippen molar-refractivity contribution in [3.05, 3.63) is 0 Å². The molecule has 0 spiro atoms. The van der Waals surface area contributed by atoms with Gasteiger partial charge in [0.2, 0.25) is 5.91 Å². The van der Waals surface area contributed by atoms with Crippen LogP contribution < -0.4 is 5.32 Å². The Labute approximate surface area is 357 Å². The average Bonchev–Trinajstić information content (AvgIpc) is 3.22. The van der Waals surface area contributed by atoms with Crippen molar-refractivity contribution in [2.45, 2.75) is 294 Å². The largest absolute Gasteiger partial charge is 0.394 e. The van der Waals surface area contributed by atoms with Crippen LogP contribution in [0.4, 0.5) is 0 Å². The standard InChI is InChI=1S/C49H97NO8/c1-3-5-7-9-11-13-14-15-16-17-18-19-20-21-22-23-24-25-26-27-28-29-31-33-35-37-39-45(53)50-42(43(52)38-36-34-32-30-12-10-8-6-4-2)41-57-49-48(56)47(55)46(54)44(40-51)58-49/h42-44,46-49,51-52,54-56H,3-41H2,1-2H3,(H,50,53)/t42-,43+,44+,46+,47?,48?,49+/m0/s1. The van der Waals surface area contributed by atoms with Crippen molar-refractivity contribution in [2.75, 3.05) is 13.2 Å². The summed E-state index contributed by atoms with van der Waals surface area (Å²) in [6.45, 7) is 3.83. The summed E-state index contributed by atoms with van der Waals surface area (Å²) in [5.41, 5.74) is 0. The monoisotopic (exact) mass is 828 g/mol. The lowest BCUT2D eigenvalue weighted by Gasteiger charge is -2.40. The molecule has 1 aliphatic rings. The SMILES string of the molecule is CCCCCCCCCCCCCCCCCCCCCCCCCCCCC(=O)N[C@@H](CO[C@@H]1O[C@H](CO)[C@@H](O)C(O)C1O)[C@H](O)CCCCCCCCCCC. The lowest BCUT2D eigenvalue weighted by molar-refractivity contribution is -0.302. The molecule has 9 nitrogen and oxygen atoms in total. The maximum atomic E-state index is 13.0. The highest BCUT2D eigenvalue weighted by atomic mass is 16.7. The fourth-order valence-corrected chi connectivity index (χ4v) is 8.40. The number of rotatable bonds is 43. The van der Waals surface area contributed by atoms with Crippen molar-refractivity contribution >= 4 is 5.91 Å². The van der Waals surface area contributed by atoms with E-state index >= 15 is 0 Å². The first kappa shape index (κ1) is 55.2. The van der Waals surface area contributed by atoms with Crippen LogP contribution in [-0.4, -0.2) is 87.5 Å². The third kappa shape index (κ3) is 30.3. The van der Waals surface area contributed by atoms with Gasteiger partial charge in [-0.2, -0.15) is 0 Å². The number of unbranched alkanes of at least 4 members (excludes halogenated alkanes) is 33. The molecule has 2 unspecified atom stereocenters. The number of hydrogen-bond donors (Lipinski definition) is 6. The van der Waals surface area contributed by atoms with Crippen LogP contribution in [0.3, 0.4) is 0 Å². The molecule has 0 bridgehead atoms. The third-order valence-corrected chi connectivity index (χ3v) is 12.5. The van der Waals surface area contributed by atoms with Crippen LogP contribution in [0.1, 0.15) is 251 Å². The average molecular weight is 828 g/mol. The third-order valence-electron chi connectivity index (χ3n) is 12.5. The van der Waals surface area contributed by atoms with Gasteiger partial charge in [-0.15, -0.1) is 0 Å². The number of aliphatic hydroxyl groups excluding tert-OH is 5. The molecule has 7 atom stereocenters. The molecule has 1 heterocycles. The predicted molar refractivity (Wildman–Crippen MR) is 240 cm³/mol. The summed E-state index contributed by atoms with van der Waals surface area (Å²) in [4.78, 5) is 13.0. The summed E-state index contributed by atoms with van der Waals surface area (Å²) in [5, 5.41) is 54.2. The van der Waals surface area contributed by atoms with Crippen LogP contribution in [0, 0.1) is 0 Å². The molecule has 1 fully saturated rings. The summed E-state index contributed by atoms with van der Waals surface area (Å²) in [6, 6.07) is -0.710. The molecule has 0 aromatic rings. The van der Waals surface area contributed by atoms with E-state index in [1.54, 1.807) is 0 Å². The van der Waals surface area contributed by atoms with Gasteiger partial charge in [0.25, 0.3) is 0 Å². The summed E-state index contributed by atoms with van der Waals surface area (Å²) < 4.78 is 11.2. The molecule has 0 radical (unpaired) electrons. The Balaban J connectivity index is 2.13. The van der Waals surface area contributed by atoms with Crippen molar-refractivity contribution in [3.8, 4) is 0 Å². The molecule has 0 saturated carbocycles. The minimum Gasteiger partial charge on any atom is -0.394 e. The molecule has 0 aromatic carbocycles. The van der Waals surface area contributed by atoms with E-state index in [9.17, 15) is 30.3 Å². The first-order valence-electron chi connectivity index (χ1n) is 25.2. The molecule has 0 aliphatic carbocycles. The lowest BCUT2D eigenvalue weighted by atomic mass is 9.99. The highest BCUT2D eigenvalue weighted by molar-refractivity contribution is 5.76. The molecule has 9 heteroatoms. The minimum absolute atomic E-state index is 0.132. The zero-order valence-corrected chi connectivity index (χ0v) is 38.1. The zero-order chi connectivity index (χ0) is 42.3. The van der Waals surface area contributed by atoms with E-state index in [1.165, 1.54) is 186 Å². The highest BCUT2D eigenvalue weighted by Crippen LogP contribution is 2.23. The Morgan fingerprint density at radius 3 is 1.22 bits per heavy atom. The molecule has 1 rings (SSSR count). The number of aliphatic hydroxyl groups is 5. The molecular weight excluding hydrogens is 731 g/mol. The highest BCUT2D eigenvalue weighted by Gasteiger charge is 2.44. The molecule has 6 N–H and O–H groups in total. The van der Waals surface area contributed by atoms with Crippen molar-refractivity contribution < 1.29 is 39.8 Å². The van der Waals surface area contributed by atoms with Gasteiger partial charge in [-0.3, -0.25) is 4.79 Å². The van der Waals surface area contributed by atoms with Gasteiger partial charge in [-0.1, -0.05) is 232 Å². The molecule has 0 aromatic heterocycles. The Morgan fingerprint density at radius 1 is 0.517 bits per heavy atom. The second-order valence-electron chi connectivity index (χ2n) is 18.0. The maximum absolute atomic E-state index is 13.0. The van der Waals surface area contributed by atoms with Crippen LogP contribution >= 0.6 is 0 Å². The normalized spacial score (nSPS) is 20.7. The summed E-state index contributed by atoms with van der Waals surface area (Å²) in [5.74, 6) is -0.141. The summed E-state index contributed by atoms with van der Waals surface area (Å²) >= 11 is 0. The van der Waals surface area contributed by atoms with E-state index in [0.29, 0.717) is 12.8 Å². The number of carbonyl (C=O) groups excluding carboxylic acids is 1. The molecule has 1 saturated heterocycles. The van der Waals surface area contributed by atoms with E-state index < -0.39 is 49.5 Å². The Kier molecular flexibility index (Phi) is 38.3. The van der Waals surface area contributed by atoms with Gasteiger partial charge in [-0.25, -0.2) is 0 Å². The van der Waals surface area contributed by atoms with Crippen molar-refractivity contribution in [1.29, 1.82) is 0 Å². The number of nitrogens with one attached hydrogen (secondary N) is 1. The first-order chi connectivity index (χ1) is 28.3. The summed E-state index contributed by atoms with van der Waals surface area (Å²) in [7, 11) is 0. The lowest BCUT2D eigenvalue weighted by Crippen LogP contribution is -2.60. The van der Waals surface area contributed by atoms with Crippen LogP contribution in [0.2, 0.25) is 0 Å². The topological polar surface area (TPSA) is 149 Å². The molecule has 58 heavy (non-hydrogen) atoms. The smallest absolute Gasteiger partial charge is 0.220 e. The van der Waals surface area contributed by atoms with Gasteiger partial charge >= 0.3 is 0 Å². The van der Waals surface area contributed by atoms with Crippen molar-refractivity contribution in [3.63, 3.8) is 0 Å². The Morgan fingerprint density at radius 2 is 0.862 bits per heavy atom. The van der Waals surface area contributed by atoms with Gasteiger partial charge in [-0.05, 0) is 12.8 Å². The van der Waals surface area contributed by atoms with E-state index in [-0.39, 0.29) is 12.5 Å². The Bertz CT molecular complexity index is 878. The van der Waals surface area contributed by atoms with Crippen LogP contribution in [-0.2, 0) is 14.3 Å². The van der Waals surface area contributed by atoms with E-state index in [0.717, 1.165) is 38.5 Å². The second-order valence-corrected chi connectivity index (χ2v) is 18.0. The van der Waals surface area contributed by atoms with E-state index in [2.05, 4.69) is 19.2 Å². The van der Waals surface area contributed by atoms with Crippen molar-refractivity contribution in [1.82, 2.24) is 5.32 Å². The van der Waals surface area contributed by atoms with E-state index in [1.807, 2.05) is 0 Å². The molecule has 1 amide bonds. The fourth-order valence-electron chi connectivity index (χ4n) is 8.40. The van der Waals surface area contributed by atoms with Gasteiger partial charge < -0.3 is 40.3 Å². The van der Waals surface area contributed by atoms with Crippen LogP contribution in [0.5, 0.6) is 0 Å². The van der Waals surface area contributed by atoms with Gasteiger partial charge in [0.1, 0.15) is 24.4 Å². The predicted octanol–water partition coefficient (Wildman–Crippen LogP) is 11.1. The molecule has 1 aliphatic heterocycles. The maximum Gasteiger partial charge on any atom is 0.220 e. The number of carbonyl (C=O) groups is 1. The Hall–Kier alpha value is -0.810. The molecular formula is C49H97NO8. The molecule has 346 valence electrons. The van der Waals surface area contributed by atoms with Gasteiger partial charge in [0.15, 0.2) is 6.29 Å². The fraction of sp³-hybridized carbons (Fsp3) is 0.980. The number of amides is 1. The van der Waals surface area contributed by atoms with Gasteiger partial charge in [0, 0.05) is 6.42 Å². The van der Waals surface area contributed by atoms with E-state index in [4.69, 9.17) is 9.47 Å². The van der Waals surface area contributed by atoms with Crippen molar-refractivity contribution in [2.24, 2.45) is 0 Å². The number of hydrogen-bond acceptors (Lipinski definition) is 8. The second kappa shape index (κ2) is 40.3. The van der Waals surface area contributed by atoms with Crippen LogP contribution in [0.15, 0.2) is 0 Å². The van der Waals surface area contributed by atoms with Gasteiger partial charge in [0.05, 0.1) is 25.4 Å². The summed E-state index contributed by atoms with van der Waals surface area (Å²) in [6.07, 6.45) is 38.6. The van der Waals surface area contributed by atoms with Crippen LogP contribution in [0.25, 0.3) is 0 Å².